The van der Waals surface area contributed by atoms with Gasteiger partial charge in [0.2, 0.25) is 0 Å². The number of aromatic amines is 1. The summed E-state index contributed by atoms with van der Waals surface area (Å²) in [5.74, 6) is -0.655. The molecule has 3 aromatic rings. The van der Waals surface area contributed by atoms with Gasteiger partial charge in [-0.05, 0) is 7.05 Å². The van der Waals surface area contributed by atoms with Crippen molar-refractivity contribution in [2.75, 3.05) is 40.3 Å². The second-order valence-electron chi connectivity index (χ2n) is 6.64. The third-order valence-corrected chi connectivity index (χ3v) is 4.93. The third kappa shape index (κ3) is 3.09. The van der Waals surface area contributed by atoms with Crippen molar-refractivity contribution in [3.63, 3.8) is 0 Å². The van der Waals surface area contributed by atoms with Gasteiger partial charge in [0, 0.05) is 44.8 Å². The number of carbonyl (C=O) groups excluding carboxylic acids is 2. The standard InChI is InChI=1S/C19H20N6O3/c1-24-5-7-25(8-6-24)19(27)18(26)12-9-22-17-15(12)14(28-2)11-23-16(17)13-10-20-3-4-21-13/h3-4,9-11,22H,5-8H2,1-2H3. The molecule has 0 spiro atoms. The number of ether oxygens (including phenoxy) is 1. The average Bonchev–Trinajstić information content (AvgIpc) is 3.18. The fourth-order valence-corrected chi connectivity index (χ4v) is 3.34. The topological polar surface area (TPSA) is 104 Å². The fourth-order valence-electron chi connectivity index (χ4n) is 3.34. The van der Waals surface area contributed by atoms with Gasteiger partial charge in [0.25, 0.3) is 11.7 Å². The summed E-state index contributed by atoms with van der Waals surface area (Å²) in [6.45, 7) is 2.56. The van der Waals surface area contributed by atoms with Gasteiger partial charge < -0.3 is 19.5 Å². The summed E-state index contributed by atoms with van der Waals surface area (Å²) < 4.78 is 5.40. The molecule has 0 saturated carbocycles. The molecule has 1 N–H and O–H groups in total. The number of amides is 1. The van der Waals surface area contributed by atoms with Crippen LogP contribution in [0, 0.1) is 0 Å². The van der Waals surface area contributed by atoms with Gasteiger partial charge in [-0.15, -0.1) is 0 Å². The van der Waals surface area contributed by atoms with Crippen LogP contribution in [0.3, 0.4) is 0 Å². The molecule has 0 radical (unpaired) electrons. The zero-order valence-corrected chi connectivity index (χ0v) is 15.7. The van der Waals surface area contributed by atoms with Crippen LogP contribution >= 0.6 is 0 Å². The van der Waals surface area contributed by atoms with Gasteiger partial charge in [0.05, 0.1) is 36.0 Å². The summed E-state index contributed by atoms with van der Waals surface area (Å²) in [6.07, 6.45) is 7.79. The Morgan fingerprint density at radius 1 is 1.11 bits per heavy atom. The number of carbonyl (C=O) groups is 2. The maximum absolute atomic E-state index is 13.0. The fraction of sp³-hybridized carbons (Fsp3) is 0.316. The van der Waals surface area contributed by atoms with Gasteiger partial charge in [-0.2, -0.15) is 0 Å². The molecule has 4 heterocycles. The number of nitrogens with one attached hydrogen (secondary N) is 1. The molecule has 28 heavy (non-hydrogen) atoms. The second-order valence-corrected chi connectivity index (χ2v) is 6.64. The minimum absolute atomic E-state index is 0.267. The number of aromatic nitrogens is 4. The molecule has 9 heteroatoms. The number of pyridine rings is 1. The van der Waals surface area contributed by atoms with Crippen molar-refractivity contribution < 1.29 is 14.3 Å². The van der Waals surface area contributed by atoms with E-state index in [-0.39, 0.29) is 5.56 Å². The summed E-state index contributed by atoms with van der Waals surface area (Å²) >= 11 is 0. The number of rotatable bonds is 4. The SMILES string of the molecule is COc1cnc(-c2cnccn2)c2[nH]cc(C(=O)C(=O)N3CCN(C)CC3)c12. The second kappa shape index (κ2) is 7.35. The molecule has 0 bridgehead atoms. The van der Waals surface area contributed by atoms with Gasteiger partial charge in [-0.25, -0.2) is 4.98 Å². The molecule has 1 amide bonds. The van der Waals surface area contributed by atoms with Crippen LogP contribution in [0.2, 0.25) is 0 Å². The van der Waals surface area contributed by atoms with Gasteiger partial charge in [-0.3, -0.25) is 19.6 Å². The van der Waals surface area contributed by atoms with E-state index in [0.717, 1.165) is 13.1 Å². The lowest BCUT2D eigenvalue weighted by Crippen LogP contribution is -2.49. The first-order valence-electron chi connectivity index (χ1n) is 8.92. The highest BCUT2D eigenvalue weighted by Crippen LogP contribution is 2.33. The summed E-state index contributed by atoms with van der Waals surface area (Å²) in [6, 6.07) is 0. The number of methoxy groups -OCH3 is 1. The van der Waals surface area contributed by atoms with Gasteiger partial charge in [0.1, 0.15) is 17.1 Å². The van der Waals surface area contributed by atoms with Gasteiger partial charge in [0.15, 0.2) is 0 Å². The summed E-state index contributed by atoms with van der Waals surface area (Å²) in [5.41, 5.74) is 1.94. The first-order chi connectivity index (χ1) is 13.6. The monoisotopic (exact) mass is 380 g/mol. The molecule has 0 aromatic carbocycles. The van der Waals surface area contributed by atoms with E-state index in [1.165, 1.54) is 19.5 Å². The van der Waals surface area contributed by atoms with E-state index in [2.05, 4.69) is 24.8 Å². The highest BCUT2D eigenvalue weighted by atomic mass is 16.5. The zero-order valence-electron chi connectivity index (χ0n) is 15.7. The quantitative estimate of drug-likeness (QED) is 0.531. The van der Waals surface area contributed by atoms with Crippen molar-refractivity contribution in [3.8, 4) is 17.1 Å². The predicted octanol–water partition coefficient (Wildman–Crippen LogP) is 0.985. The Balaban J connectivity index is 1.75. The Hall–Kier alpha value is -3.33. The van der Waals surface area contributed by atoms with Crippen molar-refractivity contribution >= 4 is 22.6 Å². The minimum Gasteiger partial charge on any atom is -0.494 e. The van der Waals surface area contributed by atoms with Crippen LogP contribution < -0.4 is 4.74 Å². The van der Waals surface area contributed by atoms with E-state index in [4.69, 9.17) is 4.74 Å². The molecular weight excluding hydrogens is 360 g/mol. The highest BCUT2D eigenvalue weighted by molar-refractivity contribution is 6.45. The van der Waals surface area contributed by atoms with Crippen LogP contribution in [-0.4, -0.2) is 81.8 Å². The number of nitrogens with zero attached hydrogens (tertiary/aromatic N) is 5. The van der Waals surface area contributed by atoms with E-state index in [1.807, 2.05) is 7.05 Å². The number of H-pyrrole nitrogens is 1. The Bertz CT molecular complexity index is 1020. The molecule has 1 saturated heterocycles. The van der Waals surface area contributed by atoms with Gasteiger partial charge >= 0.3 is 0 Å². The molecule has 4 rings (SSSR count). The van der Waals surface area contributed by atoms with E-state index >= 15 is 0 Å². The lowest BCUT2D eigenvalue weighted by atomic mass is 10.1. The number of hydrogen-bond donors (Lipinski definition) is 1. The number of piperazine rings is 1. The zero-order chi connectivity index (χ0) is 19.7. The van der Waals surface area contributed by atoms with Crippen molar-refractivity contribution in [1.82, 2.24) is 29.7 Å². The predicted molar refractivity (Wildman–Crippen MR) is 102 cm³/mol. The molecule has 144 valence electrons. The number of fused-ring (bicyclic) bond motifs is 1. The summed E-state index contributed by atoms with van der Waals surface area (Å²) in [7, 11) is 3.50. The minimum atomic E-state index is -0.564. The van der Waals surface area contributed by atoms with Crippen LogP contribution in [0.4, 0.5) is 0 Å². The number of likely N-dealkylation sites (N-methyl/N-ethyl adjacent to an activating group) is 1. The maximum Gasteiger partial charge on any atom is 0.295 e. The maximum atomic E-state index is 13.0. The van der Waals surface area contributed by atoms with E-state index in [0.29, 0.717) is 41.1 Å². The normalized spacial score (nSPS) is 15.0. The molecule has 1 fully saturated rings. The molecule has 9 nitrogen and oxygen atoms in total. The lowest BCUT2D eigenvalue weighted by Gasteiger charge is -2.31. The van der Waals surface area contributed by atoms with Crippen LogP contribution in [0.1, 0.15) is 10.4 Å². The lowest BCUT2D eigenvalue weighted by molar-refractivity contribution is -0.127. The van der Waals surface area contributed by atoms with E-state index < -0.39 is 11.7 Å². The van der Waals surface area contributed by atoms with Gasteiger partial charge in [-0.1, -0.05) is 0 Å². The van der Waals surface area contributed by atoms with E-state index in [1.54, 1.807) is 23.5 Å². The Labute approximate surface area is 161 Å². The molecule has 3 aromatic heterocycles. The molecule has 1 aliphatic heterocycles. The van der Waals surface area contributed by atoms with Crippen LogP contribution in [0.5, 0.6) is 5.75 Å². The Kier molecular flexibility index (Phi) is 4.74. The van der Waals surface area contributed by atoms with Crippen molar-refractivity contribution in [2.24, 2.45) is 0 Å². The first-order valence-corrected chi connectivity index (χ1v) is 8.92. The van der Waals surface area contributed by atoms with Crippen molar-refractivity contribution in [2.45, 2.75) is 0 Å². The van der Waals surface area contributed by atoms with Crippen LogP contribution in [0.15, 0.2) is 31.0 Å². The molecule has 1 aliphatic rings. The molecule has 0 atom stereocenters. The highest BCUT2D eigenvalue weighted by Gasteiger charge is 2.29. The largest absolute Gasteiger partial charge is 0.494 e. The third-order valence-electron chi connectivity index (χ3n) is 4.93. The number of Topliss-reactive ketones (excluding diaryl/α,β-unsaturated/α-hetero) is 1. The first kappa shape index (κ1) is 18.1. The molecular formula is C19H20N6O3. The van der Waals surface area contributed by atoms with Crippen LogP contribution in [-0.2, 0) is 4.79 Å². The smallest absolute Gasteiger partial charge is 0.295 e. The van der Waals surface area contributed by atoms with Crippen molar-refractivity contribution in [3.05, 3.63) is 36.5 Å². The summed E-state index contributed by atoms with van der Waals surface area (Å²) in [4.78, 5) is 45.3. The Morgan fingerprint density at radius 3 is 2.57 bits per heavy atom. The molecule has 0 aliphatic carbocycles. The molecule has 0 unspecified atom stereocenters. The summed E-state index contributed by atoms with van der Waals surface area (Å²) in [5, 5.41) is 0.519. The van der Waals surface area contributed by atoms with Crippen molar-refractivity contribution in [1.29, 1.82) is 0 Å². The average molecular weight is 380 g/mol. The number of hydrogen-bond acceptors (Lipinski definition) is 7. The number of ketones is 1. The van der Waals surface area contributed by atoms with E-state index in [9.17, 15) is 9.59 Å². The van der Waals surface area contributed by atoms with Crippen LogP contribution in [0.25, 0.3) is 22.3 Å². The Morgan fingerprint density at radius 2 is 1.89 bits per heavy atom.